The van der Waals surface area contributed by atoms with Gasteiger partial charge in [-0.2, -0.15) is 5.06 Å². The highest BCUT2D eigenvalue weighted by molar-refractivity contribution is 5.92. The molecule has 0 bridgehead atoms. The van der Waals surface area contributed by atoms with E-state index in [1.165, 1.54) is 5.06 Å². The van der Waals surface area contributed by atoms with Gasteiger partial charge in [-0.3, -0.25) is 9.63 Å². The van der Waals surface area contributed by atoms with Gasteiger partial charge in [-0.15, -0.1) is 0 Å². The molecule has 0 saturated carbocycles. The first kappa shape index (κ1) is 11.6. The van der Waals surface area contributed by atoms with Gasteiger partial charge >= 0.3 is 0 Å². The Hall–Kier alpha value is -1.43. The second-order valence-corrected chi connectivity index (χ2v) is 4.43. The van der Waals surface area contributed by atoms with Crippen LogP contribution in [0.2, 0.25) is 0 Å². The average Bonchev–Trinajstić information content (AvgIpc) is 2.86. The maximum absolute atomic E-state index is 11.5. The maximum atomic E-state index is 11.5. The molecule has 1 N–H and O–H groups in total. The molecule has 96 valence electrons. The molecule has 5 heteroatoms. The fourth-order valence-electron chi connectivity index (χ4n) is 2.22. The Morgan fingerprint density at radius 2 is 2.06 bits per heavy atom. The predicted molar refractivity (Wildman–Crippen MR) is 66.1 cm³/mol. The van der Waals surface area contributed by atoms with Crippen molar-refractivity contribution in [3.05, 3.63) is 29.8 Å². The lowest BCUT2D eigenvalue weighted by atomic mass is 10.1. The molecule has 1 aromatic carbocycles. The summed E-state index contributed by atoms with van der Waals surface area (Å²) in [4.78, 5) is 16.8. The summed E-state index contributed by atoms with van der Waals surface area (Å²) in [7, 11) is 0. The molecule has 0 spiro atoms. The number of ether oxygens (including phenoxy) is 1. The zero-order chi connectivity index (χ0) is 12.4. The third-order valence-electron chi connectivity index (χ3n) is 3.19. The van der Waals surface area contributed by atoms with E-state index in [-0.39, 0.29) is 12.0 Å². The molecule has 18 heavy (non-hydrogen) atoms. The standard InChI is InChI=1S/C13H16N2O3/c16-13-5-7-18-15(13)11-3-1-10(2-4-11)12-9-14-6-8-17-12/h1-4,12,14H,5-9H2. The number of nitrogens with one attached hydrogen (secondary N) is 1. The molecule has 2 fully saturated rings. The molecule has 2 aliphatic heterocycles. The Morgan fingerprint density at radius 1 is 1.22 bits per heavy atom. The number of carbonyl (C=O) groups is 1. The fourth-order valence-corrected chi connectivity index (χ4v) is 2.22. The van der Waals surface area contributed by atoms with Gasteiger partial charge in [0.15, 0.2) is 0 Å². The van der Waals surface area contributed by atoms with Gasteiger partial charge in [-0.1, -0.05) is 12.1 Å². The number of hydroxylamine groups is 1. The predicted octanol–water partition coefficient (Wildman–Crippen LogP) is 1.02. The van der Waals surface area contributed by atoms with Gasteiger partial charge in [-0.05, 0) is 17.7 Å². The van der Waals surface area contributed by atoms with Crippen LogP contribution in [-0.4, -0.2) is 32.2 Å². The minimum Gasteiger partial charge on any atom is -0.371 e. The highest BCUT2D eigenvalue weighted by Gasteiger charge is 2.23. The first-order chi connectivity index (χ1) is 8.84. The highest BCUT2D eigenvalue weighted by Crippen LogP contribution is 2.24. The van der Waals surface area contributed by atoms with E-state index in [2.05, 4.69) is 5.32 Å². The lowest BCUT2D eigenvalue weighted by Crippen LogP contribution is -2.33. The van der Waals surface area contributed by atoms with Crippen molar-refractivity contribution < 1.29 is 14.4 Å². The second kappa shape index (κ2) is 5.06. The largest absolute Gasteiger partial charge is 0.371 e. The number of morpholine rings is 1. The number of rotatable bonds is 2. The molecule has 1 unspecified atom stereocenters. The van der Waals surface area contributed by atoms with Crippen LogP contribution in [0.3, 0.4) is 0 Å². The van der Waals surface area contributed by atoms with Gasteiger partial charge in [-0.25, -0.2) is 0 Å². The molecule has 1 atom stereocenters. The van der Waals surface area contributed by atoms with E-state index in [4.69, 9.17) is 9.57 Å². The van der Waals surface area contributed by atoms with Gasteiger partial charge in [0.1, 0.15) is 0 Å². The third-order valence-corrected chi connectivity index (χ3v) is 3.19. The van der Waals surface area contributed by atoms with E-state index >= 15 is 0 Å². The van der Waals surface area contributed by atoms with Gasteiger partial charge in [0.25, 0.3) is 5.91 Å². The van der Waals surface area contributed by atoms with E-state index in [9.17, 15) is 4.79 Å². The van der Waals surface area contributed by atoms with E-state index in [1.54, 1.807) is 0 Å². The molecule has 2 heterocycles. The van der Waals surface area contributed by atoms with Crippen LogP contribution < -0.4 is 10.4 Å². The number of hydrogen-bond donors (Lipinski definition) is 1. The number of carbonyl (C=O) groups excluding carboxylic acids is 1. The minimum absolute atomic E-state index is 0.0123. The Morgan fingerprint density at radius 3 is 2.67 bits per heavy atom. The summed E-state index contributed by atoms with van der Waals surface area (Å²) in [5.74, 6) is 0.0123. The van der Waals surface area contributed by atoms with Crippen molar-refractivity contribution in [1.29, 1.82) is 0 Å². The van der Waals surface area contributed by atoms with Gasteiger partial charge in [0, 0.05) is 13.1 Å². The summed E-state index contributed by atoms with van der Waals surface area (Å²) < 4.78 is 5.68. The smallest absolute Gasteiger partial charge is 0.253 e. The monoisotopic (exact) mass is 248 g/mol. The van der Waals surface area contributed by atoms with E-state index in [0.29, 0.717) is 13.0 Å². The minimum atomic E-state index is 0.0123. The lowest BCUT2D eigenvalue weighted by molar-refractivity contribution is -0.119. The number of benzene rings is 1. The topological polar surface area (TPSA) is 50.8 Å². The van der Waals surface area contributed by atoms with Crippen molar-refractivity contribution >= 4 is 11.6 Å². The summed E-state index contributed by atoms with van der Waals surface area (Å²) in [5.41, 5.74) is 1.91. The molecule has 3 rings (SSSR count). The SMILES string of the molecule is O=C1CCON1c1ccc(C2CNCCO2)cc1. The fraction of sp³-hybridized carbons (Fsp3) is 0.462. The zero-order valence-corrected chi connectivity index (χ0v) is 10.1. The first-order valence-electron chi connectivity index (χ1n) is 6.23. The molecule has 5 nitrogen and oxygen atoms in total. The summed E-state index contributed by atoms with van der Waals surface area (Å²) >= 11 is 0. The maximum Gasteiger partial charge on any atom is 0.253 e. The van der Waals surface area contributed by atoms with Crippen molar-refractivity contribution in [1.82, 2.24) is 5.32 Å². The zero-order valence-electron chi connectivity index (χ0n) is 10.1. The Kier molecular flexibility index (Phi) is 3.27. The van der Waals surface area contributed by atoms with Crippen molar-refractivity contribution in [2.75, 3.05) is 31.4 Å². The average molecular weight is 248 g/mol. The van der Waals surface area contributed by atoms with Gasteiger partial charge < -0.3 is 10.1 Å². The lowest BCUT2D eigenvalue weighted by Gasteiger charge is -2.24. The van der Waals surface area contributed by atoms with Crippen LogP contribution in [0, 0.1) is 0 Å². The molecule has 0 aromatic heterocycles. The molecule has 2 saturated heterocycles. The highest BCUT2D eigenvalue weighted by atomic mass is 16.7. The normalized spacial score (nSPS) is 24.6. The molecule has 1 amide bonds. The van der Waals surface area contributed by atoms with Crippen molar-refractivity contribution in [3.8, 4) is 0 Å². The third kappa shape index (κ3) is 2.25. The molecular formula is C13H16N2O3. The van der Waals surface area contributed by atoms with Crippen LogP contribution >= 0.6 is 0 Å². The first-order valence-corrected chi connectivity index (χ1v) is 6.23. The summed E-state index contributed by atoms with van der Waals surface area (Å²) in [6.45, 7) is 2.94. The number of nitrogens with zero attached hydrogens (tertiary/aromatic N) is 1. The van der Waals surface area contributed by atoms with Crippen LogP contribution in [0.5, 0.6) is 0 Å². The van der Waals surface area contributed by atoms with E-state index in [0.717, 1.165) is 30.9 Å². The molecule has 0 radical (unpaired) electrons. The quantitative estimate of drug-likeness (QED) is 0.849. The van der Waals surface area contributed by atoms with Crippen LogP contribution in [-0.2, 0) is 14.4 Å². The molecule has 1 aromatic rings. The molecular weight excluding hydrogens is 232 g/mol. The Balaban J connectivity index is 1.74. The second-order valence-electron chi connectivity index (χ2n) is 4.43. The summed E-state index contributed by atoms with van der Waals surface area (Å²) in [5, 5.41) is 4.66. The van der Waals surface area contributed by atoms with Crippen molar-refractivity contribution in [3.63, 3.8) is 0 Å². The number of hydrogen-bond acceptors (Lipinski definition) is 4. The van der Waals surface area contributed by atoms with Crippen LogP contribution in [0.15, 0.2) is 24.3 Å². The summed E-state index contributed by atoms with van der Waals surface area (Å²) in [6, 6.07) is 7.77. The van der Waals surface area contributed by atoms with Crippen LogP contribution in [0.4, 0.5) is 5.69 Å². The van der Waals surface area contributed by atoms with Gasteiger partial charge in [0.2, 0.25) is 0 Å². The molecule has 0 aliphatic carbocycles. The van der Waals surface area contributed by atoms with E-state index in [1.807, 2.05) is 24.3 Å². The van der Waals surface area contributed by atoms with Crippen molar-refractivity contribution in [2.45, 2.75) is 12.5 Å². The number of amides is 1. The van der Waals surface area contributed by atoms with Crippen LogP contribution in [0.1, 0.15) is 18.1 Å². The van der Waals surface area contributed by atoms with E-state index < -0.39 is 0 Å². The number of anilines is 1. The Bertz CT molecular complexity index is 426. The summed E-state index contributed by atoms with van der Waals surface area (Å²) in [6.07, 6.45) is 0.556. The van der Waals surface area contributed by atoms with Crippen molar-refractivity contribution in [2.24, 2.45) is 0 Å². The molecule has 2 aliphatic rings. The van der Waals surface area contributed by atoms with Crippen LogP contribution in [0.25, 0.3) is 0 Å². The van der Waals surface area contributed by atoms with Gasteiger partial charge in [0.05, 0.1) is 31.4 Å². The Labute approximate surface area is 106 Å².